The van der Waals surface area contributed by atoms with Gasteiger partial charge in [0.05, 0.1) is 13.1 Å². The average molecular weight is 412 g/mol. The van der Waals surface area contributed by atoms with Gasteiger partial charge in [-0.05, 0) is 42.2 Å². The van der Waals surface area contributed by atoms with Crippen molar-refractivity contribution in [2.24, 2.45) is 5.92 Å². The van der Waals surface area contributed by atoms with Crippen molar-refractivity contribution in [3.63, 3.8) is 0 Å². The minimum Gasteiger partial charge on any atom is -0.497 e. The summed E-state index contributed by atoms with van der Waals surface area (Å²) in [5, 5.41) is 24.7. The monoisotopic (exact) mass is 412 g/mol. The van der Waals surface area contributed by atoms with Gasteiger partial charge in [0, 0.05) is 12.0 Å². The molecule has 0 aliphatic rings. The Morgan fingerprint density at radius 3 is 2.17 bits per heavy atom. The minimum absolute atomic E-state index is 0.151. The van der Waals surface area contributed by atoms with Crippen molar-refractivity contribution in [3.05, 3.63) is 65.7 Å². The van der Waals surface area contributed by atoms with Crippen LogP contribution in [0, 0.1) is 5.92 Å². The Labute approximate surface area is 177 Å². The summed E-state index contributed by atoms with van der Waals surface area (Å²) in [5.41, 5.74) is 1.26. The number of hydrogen-bond acceptors (Lipinski definition) is 5. The summed E-state index contributed by atoms with van der Waals surface area (Å²) in [4.78, 5) is 25.7. The van der Waals surface area contributed by atoms with Crippen LogP contribution in [0.2, 0.25) is 0 Å². The van der Waals surface area contributed by atoms with Gasteiger partial charge in [0.25, 0.3) is 5.91 Å². The van der Waals surface area contributed by atoms with Crippen LogP contribution in [-0.2, 0) is 11.2 Å². The zero-order chi connectivity index (χ0) is 22.1. The second kappa shape index (κ2) is 11.4. The van der Waals surface area contributed by atoms with E-state index in [0.29, 0.717) is 17.7 Å². The first-order chi connectivity index (χ1) is 14.3. The fraction of sp³-hybridized carbons (Fsp3) is 0.364. The van der Waals surface area contributed by atoms with E-state index in [4.69, 9.17) is 4.74 Å². The molecule has 2 unspecified atom stereocenters. The molecular formula is C22H29BN2O5. The van der Waals surface area contributed by atoms with E-state index in [1.54, 1.807) is 31.4 Å². The fourth-order valence-corrected chi connectivity index (χ4v) is 3.09. The van der Waals surface area contributed by atoms with Gasteiger partial charge in [0.2, 0.25) is 5.91 Å². The maximum Gasteiger partial charge on any atom is 0.475 e. The predicted octanol–water partition coefficient (Wildman–Crippen LogP) is 1.58. The van der Waals surface area contributed by atoms with E-state index in [2.05, 4.69) is 10.6 Å². The molecule has 4 N–H and O–H groups in total. The lowest BCUT2D eigenvalue weighted by Crippen LogP contribution is -2.55. The summed E-state index contributed by atoms with van der Waals surface area (Å²) in [6, 6.07) is 15.0. The zero-order valence-electron chi connectivity index (χ0n) is 17.5. The van der Waals surface area contributed by atoms with Crippen LogP contribution in [0.15, 0.2) is 54.6 Å². The first kappa shape index (κ1) is 23.4. The van der Waals surface area contributed by atoms with Crippen LogP contribution in [0.4, 0.5) is 0 Å². The summed E-state index contributed by atoms with van der Waals surface area (Å²) in [5.74, 6) is -0.927. The third-order valence-electron chi connectivity index (χ3n) is 4.67. The van der Waals surface area contributed by atoms with E-state index < -0.39 is 30.9 Å². The number of carbonyl (C=O) groups excluding carboxylic acids is 2. The molecule has 0 fully saturated rings. The maximum atomic E-state index is 12.9. The number of rotatable bonds is 10. The Kier molecular flexibility index (Phi) is 8.89. The van der Waals surface area contributed by atoms with Gasteiger partial charge >= 0.3 is 7.12 Å². The Bertz CT molecular complexity index is 812. The molecule has 0 spiro atoms. The minimum atomic E-state index is -1.69. The van der Waals surface area contributed by atoms with Gasteiger partial charge in [0.15, 0.2) is 0 Å². The normalized spacial score (nSPS) is 12.7. The molecule has 0 radical (unpaired) electrons. The largest absolute Gasteiger partial charge is 0.497 e. The lowest BCUT2D eigenvalue weighted by Gasteiger charge is -2.24. The highest BCUT2D eigenvalue weighted by molar-refractivity contribution is 6.43. The van der Waals surface area contributed by atoms with Crippen LogP contribution < -0.4 is 15.4 Å². The van der Waals surface area contributed by atoms with Crippen molar-refractivity contribution in [1.29, 1.82) is 0 Å². The highest BCUT2D eigenvalue weighted by Gasteiger charge is 2.30. The highest BCUT2D eigenvalue weighted by atomic mass is 16.5. The van der Waals surface area contributed by atoms with Crippen molar-refractivity contribution >= 4 is 18.9 Å². The molecule has 0 aromatic heterocycles. The van der Waals surface area contributed by atoms with Crippen LogP contribution in [0.25, 0.3) is 0 Å². The molecule has 0 saturated heterocycles. The van der Waals surface area contributed by atoms with Crippen LogP contribution in [0.1, 0.15) is 36.2 Å². The number of benzene rings is 2. The smallest absolute Gasteiger partial charge is 0.475 e. The molecule has 0 bridgehead atoms. The molecule has 2 aromatic carbocycles. The van der Waals surface area contributed by atoms with Crippen molar-refractivity contribution in [1.82, 2.24) is 10.6 Å². The van der Waals surface area contributed by atoms with Crippen molar-refractivity contribution in [3.8, 4) is 5.75 Å². The maximum absolute atomic E-state index is 12.9. The number of hydrogen-bond donors (Lipinski definition) is 4. The highest BCUT2D eigenvalue weighted by Crippen LogP contribution is 2.12. The number of ether oxygens (including phenoxy) is 1. The van der Waals surface area contributed by atoms with Crippen molar-refractivity contribution in [2.75, 3.05) is 7.11 Å². The summed E-state index contributed by atoms with van der Waals surface area (Å²) in [7, 11) is -0.149. The van der Waals surface area contributed by atoms with Crippen LogP contribution in [0.5, 0.6) is 5.75 Å². The Hall–Kier alpha value is -2.84. The molecule has 7 nitrogen and oxygen atoms in total. The van der Waals surface area contributed by atoms with Crippen molar-refractivity contribution in [2.45, 2.75) is 38.7 Å². The molecular weight excluding hydrogens is 383 g/mol. The molecule has 0 heterocycles. The van der Waals surface area contributed by atoms with Gasteiger partial charge in [0.1, 0.15) is 11.8 Å². The first-order valence-electron chi connectivity index (χ1n) is 9.95. The second-order valence-corrected chi connectivity index (χ2v) is 7.60. The summed E-state index contributed by atoms with van der Waals surface area (Å²) in [6.07, 6.45) is 0.665. The topological polar surface area (TPSA) is 108 Å². The SMILES string of the molecule is COc1ccc(C(=O)NC(Cc2ccccc2)C(=O)NC(CC(C)C)B(O)O)cc1. The van der Waals surface area contributed by atoms with Gasteiger partial charge < -0.3 is 25.4 Å². The molecule has 2 atom stereocenters. The van der Waals surface area contributed by atoms with E-state index in [0.717, 1.165) is 5.56 Å². The Morgan fingerprint density at radius 1 is 1.00 bits per heavy atom. The second-order valence-electron chi connectivity index (χ2n) is 7.60. The van der Waals surface area contributed by atoms with E-state index in [-0.39, 0.29) is 12.3 Å². The standard InChI is InChI=1S/C22H29BN2O5/c1-15(2)13-20(23(28)29)25-22(27)19(14-16-7-5-4-6-8-16)24-21(26)17-9-11-18(30-3)12-10-17/h4-12,15,19-20,28-29H,13-14H2,1-3H3,(H,24,26)(H,25,27). The Morgan fingerprint density at radius 2 is 1.63 bits per heavy atom. The van der Waals surface area contributed by atoms with Gasteiger partial charge in [-0.25, -0.2) is 0 Å². The number of amides is 2. The fourth-order valence-electron chi connectivity index (χ4n) is 3.09. The van der Waals surface area contributed by atoms with Gasteiger partial charge in [-0.15, -0.1) is 0 Å². The van der Waals surface area contributed by atoms with E-state index in [1.807, 2.05) is 44.2 Å². The number of methoxy groups -OCH3 is 1. The summed E-state index contributed by atoms with van der Waals surface area (Å²) < 4.78 is 5.10. The third-order valence-corrected chi connectivity index (χ3v) is 4.67. The molecule has 0 aliphatic heterocycles. The van der Waals surface area contributed by atoms with Crippen LogP contribution >= 0.6 is 0 Å². The lowest BCUT2D eigenvalue weighted by molar-refractivity contribution is -0.123. The molecule has 2 rings (SSSR count). The van der Waals surface area contributed by atoms with E-state index in [9.17, 15) is 19.6 Å². The van der Waals surface area contributed by atoms with E-state index >= 15 is 0 Å². The molecule has 8 heteroatoms. The zero-order valence-corrected chi connectivity index (χ0v) is 17.5. The molecule has 160 valence electrons. The summed E-state index contributed by atoms with van der Waals surface area (Å²) >= 11 is 0. The number of carbonyl (C=O) groups is 2. The molecule has 2 amide bonds. The lowest BCUT2D eigenvalue weighted by atomic mass is 9.75. The van der Waals surface area contributed by atoms with Gasteiger partial charge in [-0.1, -0.05) is 44.2 Å². The predicted molar refractivity (Wildman–Crippen MR) is 116 cm³/mol. The molecule has 30 heavy (non-hydrogen) atoms. The third kappa shape index (κ3) is 7.20. The molecule has 0 saturated carbocycles. The molecule has 0 aliphatic carbocycles. The van der Waals surface area contributed by atoms with Gasteiger partial charge in [-0.3, -0.25) is 9.59 Å². The Balaban J connectivity index is 2.18. The van der Waals surface area contributed by atoms with E-state index in [1.165, 1.54) is 0 Å². The first-order valence-corrected chi connectivity index (χ1v) is 9.95. The number of nitrogens with one attached hydrogen (secondary N) is 2. The summed E-state index contributed by atoms with van der Waals surface area (Å²) in [6.45, 7) is 3.85. The van der Waals surface area contributed by atoms with Crippen LogP contribution in [0.3, 0.4) is 0 Å². The van der Waals surface area contributed by atoms with Gasteiger partial charge in [-0.2, -0.15) is 0 Å². The average Bonchev–Trinajstić information content (AvgIpc) is 2.73. The van der Waals surface area contributed by atoms with Crippen LogP contribution in [-0.4, -0.2) is 48.1 Å². The molecule has 2 aromatic rings. The van der Waals surface area contributed by atoms with Crippen molar-refractivity contribution < 1.29 is 24.4 Å². The quantitative estimate of drug-likeness (QED) is 0.444.